The average Bonchev–Trinajstić information content (AvgIpc) is 3.22. The van der Waals surface area contributed by atoms with Crippen molar-refractivity contribution in [1.82, 2.24) is 14.6 Å². The molecule has 4 rings (SSSR count). The number of carbonyl (C=O) groups excluding carboxylic acids is 2. The van der Waals surface area contributed by atoms with Crippen LogP contribution in [0, 0.1) is 0 Å². The van der Waals surface area contributed by atoms with Crippen LogP contribution in [0.5, 0.6) is 0 Å². The van der Waals surface area contributed by atoms with Crippen molar-refractivity contribution in [3.63, 3.8) is 0 Å². The summed E-state index contributed by atoms with van der Waals surface area (Å²) in [5.41, 5.74) is 0.980. The zero-order chi connectivity index (χ0) is 22.7. The Hall–Kier alpha value is -3.56. The van der Waals surface area contributed by atoms with Gasteiger partial charge in [-0.2, -0.15) is 9.61 Å². The third kappa shape index (κ3) is 4.68. The van der Waals surface area contributed by atoms with Crippen molar-refractivity contribution >= 4 is 45.5 Å². The summed E-state index contributed by atoms with van der Waals surface area (Å²) in [6.07, 6.45) is 0.696. The van der Waals surface area contributed by atoms with Crippen molar-refractivity contribution < 1.29 is 14.3 Å². The number of aryl methyl sites for hydroxylation is 1. The number of anilines is 1. The summed E-state index contributed by atoms with van der Waals surface area (Å²) >= 11 is 7.37. The monoisotopic (exact) mass is 468 g/mol. The summed E-state index contributed by atoms with van der Waals surface area (Å²) in [7, 11) is 0. The predicted molar refractivity (Wildman–Crippen MR) is 121 cm³/mol. The van der Waals surface area contributed by atoms with Crippen molar-refractivity contribution in [3.8, 4) is 0 Å². The van der Waals surface area contributed by atoms with Crippen LogP contribution < -0.4 is 10.9 Å². The molecule has 0 spiro atoms. The first-order valence-corrected chi connectivity index (χ1v) is 10.9. The summed E-state index contributed by atoms with van der Waals surface area (Å²) in [5, 5.41) is 8.01. The Kier molecular flexibility index (Phi) is 6.29. The van der Waals surface area contributed by atoms with Crippen LogP contribution in [0.3, 0.4) is 0 Å². The fourth-order valence-corrected chi connectivity index (χ4v) is 3.98. The third-order valence-corrected chi connectivity index (χ3v) is 5.85. The molecule has 0 saturated heterocycles. The Morgan fingerprint density at radius 1 is 1.16 bits per heavy atom. The zero-order valence-electron chi connectivity index (χ0n) is 16.9. The number of benzene rings is 2. The van der Waals surface area contributed by atoms with Crippen LogP contribution in [0.25, 0.3) is 4.96 Å². The van der Waals surface area contributed by atoms with Gasteiger partial charge in [0.2, 0.25) is 4.96 Å². The number of ether oxygens (including phenoxy) is 1. The molecule has 0 aliphatic rings. The van der Waals surface area contributed by atoms with Gasteiger partial charge in [0.15, 0.2) is 0 Å². The number of amides is 1. The minimum Gasteiger partial charge on any atom is -0.456 e. The molecular formula is C22H17ClN4O4S. The van der Waals surface area contributed by atoms with Crippen LogP contribution in [-0.2, 0) is 17.8 Å². The van der Waals surface area contributed by atoms with Gasteiger partial charge in [-0.15, -0.1) is 0 Å². The van der Waals surface area contributed by atoms with E-state index in [0.29, 0.717) is 33.3 Å². The second-order valence-electron chi connectivity index (χ2n) is 6.72. The van der Waals surface area contributed by atoms with Crippen LogP contribution in [0.1, 0.15) is 38.3 Å². The maximum Gasteiger partial charge on any atom is 0.338 e. The average molecular weight is 469 g/mol. The number of hydrogen-bond donors (Lipinski definition) is 1. The molecule has 0 saturated carbocycles. The number of aromatic nitrogens is 3. The van der Waals surface area contributed by atoms with Crippen LogP contribution in [0.15, 0.2) is 59.4 Å². The van der Waals surface area contributed by atoms with Crippen LogP contribution in [0.4, 0.5) is 5.69 Å². The Morgan fingerprint density at radius 2 is 1.97 bits per heavy atom. The van der Waals surface area contributed by atoms with E-state index >= 15 is 0 Å². The lowest BCUT2D eigenvalue weighted by atomic mass is 10.1. The summed E-state index contributed by atoms with van der Waals surface area (Å²) in [6.45, 7) is 1.77. The number of carbonyl (C=O) groups is 2. The standard InChI is InChI=1S/C22H17ClN4O4S/c1-2-18-26-27-19(28)11-15(25-22(27)32-18)12-31-21(30)13-6-5-7-14(10-13)24-20(29)16-8-3-4-9-17(16)23/h3-11H,2,12H2,1H3,(H,24,29). The molecule has 2 aromatic carbocycles. The summed E-state index contributed by atoms with van der Waals surface area (Å²) < 4.78 is 6.55. The van der Waals surface area contributed by atoms with Crippen molar-refractivity contribution in [3.05, 3.63) is 91.8 Å². The molecule has 8 nitrogen and oxygen atoms in total. The van der Waals surface area contributed by atoms with Crippen molar-refractivity contribution in [2.45, 2.75) is 20.0 Å². The second-order valence-corrected chi connectivity index (χ2v) is 8.17. The fraction of sp³-hybridized carbons (Fsp3) is 0.136. The zero-order valence-corrected chi connectivity index (χ0v) is 18.4. The van der Waals surface area contributed by atoms with E-state index in [1.165, 1.54) is 28.0 Å². The van der Waals surface area contributed by atoms with E-state index < -0.39 is 11.9 Å². The lowest BCUT2D eigenvalue weighted by molar-refractivity contribution is 0.0467. The van der Waals surface area contributed by atoms with Gasteiger partial charge in [0, 0.05) is 11.8 Å². The van der Waals surface area contributed by atoms with E-state index in [2.05, 4.69) is 15.4 Å². The molecule has 4 aromatic rings. The Labute approximate surface area is 191 Å². The minimum atomic E-state index is -0.612. The number of rotatable bonds is 6. The molecule has 162 valence electrons. The second kappa shape index (κ2) is 9.29. The molecule has 0 aliphatic carbocycles. The molecule has 0 bridgehead atoms. The van der Waals surface area contributed by atoms with Gasteiger partial charge in [0.25, 0.3) is 11.5 Å². The van der Waals surface area contributed by atoms with Gasteiger partial charge < -0.3 is 10.1 Å². The van der Waals surface area contributed by atoms with Gasteiger partial charge in [-0.3, -0.25) is 9.59 Å². The molecule has 0 unspecified atom stereocenters. The molecule has 0 atom stereocenters. The van der Waals surface area contributed by atoms with Gasteiger partial charge in [-0.1, -0.05) is 48.1 Å². The molecule has 0 fully saturated rings. The number of hydrogen-bond acceptors (Lipinski definition) is 7. The van der Waals surface area contributed by atoms with E-state index in [4.69, 9.17) is 16.3 Å². The highest BCUT2D eigenvalue weighted by Crippen LogP contribution is 2.18. The topological polar surface area (TPSA) is 103 Å². The van der Waals surface area contributed by atoms with E-state index in [-0.39, 0.29) is 17.7 Å². The van der Waals surface area contributed by atoms with Crippen molar-refractivity contribution in [1.29, 1.82) is 0 Å². The molecule has 1 amide bonds. The maximum atomic E-state index is 12.5. The lowest BCUT2D eigenvalue weighted by Gasteiger charge is -2.09. The van der Waals surface area contributed by atoms with Gasteiger partial charge in [0.1, 0.15) is 11.6 Å². The quantitative estimate of drug-likeness (QED) is 0.429. The number of fused-ring (bicyclic) bond motifs is 1. The molecule has 32 heavy (non-hydrogen) atoms. The maximum absolute atomic E-state index is 12.5. The van der Waals surface area contributed by atoms with Gasteiger partial charge in [-0.25, -0.2) is 9.78 Å². The normalized spacial score (nSPS) is 10.8. The molecule has 10 heteroatoms. The summed E-state index contributed by atoms with van der Waals surface area (Å²) in [5.74, 6) is -1.01. The lowest BCUT2D eigenvalue weighted by Crippen LogP contribution is -2.17. The molecule has 0 radical (unpaired) electrons. The molecule has 2 heterocycles. The minimum absolute atomic E-state index is 0.167. The molecule has 0 aliphatic heterocycles. The van der Waals surface area contributed by atoms with Crippen molar-refractivity contribution in [2.24, 2.45) is 0 Å². The van der Waals surface area contributed by atoms with Gasteiger partial charge in [0.05, 0.1) is 21.8 Å². The van der Waals surface area contributed by atoms with Crippen molar-refractivity contribution in [2.75, 3.05) is 5.32 Å². The fourth-order valence-electron chi connectivity index (χ4n) is 2.90. The highest BCUT2D eigenvalue weighted by Gasteiger charge is 2.14. The van der Waals surface area contributed by atoms with E-state index in [1.54, 1.807) is 42.5 Å². The highest BCUT2D eigenvalue weighted by molar-refractivity contribution is 7.16. The third-order valence-electron chi connectivity index (χ3n) is 4.47. The SMILES string of the molecule is CCc1nn2c(=O)cc(COC(=O)c3cccc(NC(=O)c4ccccc4Cl)c3)nc2s1. The van der Waals surface area contributed by atoms with E-state index in [9.17, 15) is 14.4 Å². The van der Waals surface area contributed by atoms with Crippen LogP contribution in [-0.4, -0.2) is 26.5 Å². The molecule has 1 N–H and O–H groups in total. The highest BCUT2D eigenvalue weighted by atomic mass is 35.5. The van der Waals surface area contributed by atoms with Crippen LogP contribution >= 0.6 is 22.9 Å². The first-order chi connectivity index (χ1) is 15.4. The first kappa shape index (κ1) is 21.7. The number of nitrogens with one attached hydrogen (secondary N) is 1. The number of halogens is 1. The smallest absolute Gasteiger partial charge is 0.338 e. The van der Waals surface area contributed by atoms with E-state index in [1.807, 2.05) is 6.92 Å². The van der Waals surface area contributed by atoms with E-state index in [0.717, 1.165) is 5.01 Å². The number of esters is 1. The first-order valence-electron chi connectivity index (χ1n) is 9.66. The van der Waals surface area contributed by atoms with Gasteiger partial charge >= 0.3 is 5.97 Å². The summed E-state index contributed by atoms with van der Waals surface area (Å²) in [6, 6.07) is 14.3. The number of nitrogens with zero attached hydrogens (tertiary/aromatic N) is 3. The molecule has 2 aromatic heterocycles. The van der Waals surface area contributed by atoms with Gasteiger partial charge in [-0.05, 0) is 36.8 Å². The Morgan fingerprint density at radius 3 is 2.75 bits per heavy atom. The van der Waals surface area contributed by atoms with Crippen LogP contribution in [0.2, 0.25) is 5.02 Å². The largest absolute Gasteiger partial charge is 0.456 e. The molecular weight excluding hydrogens is 452 g/mol. The predicted octanol–water partition coefficient (Wildman–Crippen LogP) is 3.98. The Bertz CT molecular complexity index is 1380. The summed E-state index contributed by atoms with van der Waals surface area (Å²) in [4.78, 5) is 41.9. The Balaban J connectivity index is 1.45.